The lowest BCUT2D eigenvalue weighted by Gasteiger charge is -2.23. The summed E-state index contributed by atoms with van der Waals surface area (Å²) in [5.41, 5.74) is 0.0391. The molecular weight excluding hydrogens is 345 g/mol. The Morgan fingerprint density at radius 2 is 1.59 bits per heavy atom. The van der Waals surface area contributed by atoms with Crippen LogP contribution in [0.5, 0.6) is 5.75 Å². The van der Waals surface area contributed by atoms with E-state index in [-0.39, 0.29) is 19.0 Å². The first-order valence-electron chi connectivity index (χ1n) is 8.68. The molecule has 1 amide bonds. The van der Waals surface area contributed by atoms with Crippen molar-refractivity contribution in [2.24, 2.45) is 0 Å². The summed E-state index contributed by atoms with van der Waals surface area (Å²) in [6.45, 7) is 0.485. The molecule has 0 spiro atoms. The van der Waals surface area contributed by atoms with Gasteiger partial charge in [0.05, 0.1) is 12.2 Å². The van der Waals surface area contributed by atoms with E-state index in [1.54, 1.807) is 36.4 Å². The number of hydrogen-bond donors (Lipinski definition) is 1. The Morgan fingerprint density at radius 1 is 0.926 bits per heavy atom. The molecule has 1 N–H and O–H groups in total. The lowest BCUT2D eigenvalue weighted by molar-refractivity contribution is -0.132. The van der Waals surface area contributed by atoms with Crippen molar-refractivity contribution in [3.8, 4) is 5.75 Å². The van der Waals surface area contributed by atoms with Crippen LogP contribution in [0.2, 0.25) is 0 Å². The molecule has 1 aliphatic heterocycles. The molecule has 1 heterocycles. The summed E-state index contributed by atoms with van der Waals surface area (Å²) >= 11 is 0. The van der Waals surface area contributed by atoms with Gasteiger partial charge in [0.1, 0.15) is 18.2 Å². The van der Waals surface area contributed by atoms with Crippen LogP contribution in [-0.4, -0.2) is 24.2 Å². The molecule has 0 aromatic heterocycles. The molecule has 0 saturated carbocycles. The minimum Gasteiger partial charge on any atom is -0.492 e. The first-order chi connectivity index (χ1) is 13.1. The second-order valence-corrected chi connectivity index (χ2v) is 6.35. The average Bonchev–Trinajstić information content (AvgIpc) is 2.93. The van der Waals surface area contributed by atoms with Gasteiger partial charge in [-0.05, 0) is 35.9 Å². The van der Waals surface area contributed by atoms with Gasteiger partial charge in [-0.3, -0.25) is 4.79 Å². The van der Waals surface area contributed by atoms with Gasteiger partial charge in [0.15, 0.2) is 5.60 Å². The van der Waals surface area contributed by atoms with Crippen molar-refractivity contribution in [1.29, 1.82) is 0 Å². The molecule has 136 valence electrons. The van der Waals surface area contributed by atoms with Crippen LogP contribution in [0.15, 0.2) is 78.9 Å². The number of benzene rings is 3. The highest BCUT2D eigenvalue weighted by Gasteiger charge is 2.50. The number of anilines is 1. The van der Waals surface area contributed by atoms with Crippen molar-refractivity contribution in [2.75, 3.05) is 18.1 Å². The zero-order chi connectivity index (χ0) is 18.9. The normalized spacial score (nSPS) is 18.4. The monoisotopic (exact) mass is 363 g/mol. The second-order valence-electron chi connectivity index (χ2n) is 6.35. The number of halogens is 1. The molecule has 1 atom stereocenters. The summed E-state index contributed by atoms with van der Waals surface area (Å²) in [7, 11) is 0. The molecule has 0 fully saturated rings. The summed E-state index contributed by atoms with van der Waals surface area (Å²) in [5.74, 6) is -0.216. The fraction of sp³-hybridized carbons (Fsp3) is 0.136. The largest absolute Gasteiger partial charge is 0.492 e. The minimum absolute atomic E-state index is 0.219. The molecule has 3 aromatic rings. The number of nitrogens with zero attached hydrogens (tertiary/aromatic N) is 1. The van der Waals surface area contributed by atoms with Crippen molar-refractivity contribution in [3.63, 3.8) is 0 Å². The molecular formula is C22H18FNO3. The molecule has 0 saturated heterocycles. The Hall–Kier alpha value is -3.18. The Balaban J connectivity index is 1.59. The van der Waals surface area contributed by atoms with Gasteiger partial charge in [-0.15, -0.1) is 0 Å². The second kappa shape index (κ2) is 6.85. The van der Waals surface area contributed by atoms with E-state index in [4.69, 9.17) is 4.74 Å². The number of hydrogen-bond acceptors (Lipinski definition) is 3. The number of ether oxygens (including phenoxy) is 1. The topological polar surface area (TPSA) is 49.8 Å². The van der Waals surface area contributed by atoms with Gasteiger partial charge in [0.25, 0.3) is 5.91 Å². The molecule has 3 aromatic carbocycles. The van der Waals surface area contributed by atoms with Gasteiger partial charge in [-0.2, -0.15) is 0 Å². The Morgan fingerprint density at radius 3 is 2.33 bits per heavy atom. The van der Waals surface area contributed by atoms with Crippen LogP contribution < -0.4 is 9.64 Å². The molecule has 5 heteroatoms. The third-order valence-corrected chi connectivity index (χ3v) is 4.73. The predicted octanol–water partition coefficient (Wildman–Crippen LogP) is 3.49. The molecule has 1 aliphatic rings. The zero-order valence-electron chi connectivity index (χ0n) is 14.5. The standard InChI is InChI=1S/C22H18FNO3/c23-17-10-12-18(13-11-17)27-15-14-24-20-9-5-4-8-19(20)22(26,21(24)25)16-6-2-1-3-7-16/h1-13,26H,14-15H2/t22-/m1/s1. The van der Waals surface area contributed by atoms with E-state index in [0.29, 0.717) is 22.6 Å². The summed E-state index contributed by atoms with van der Waals surface area (Å²) in [5, 5.41) is 11.3. The van der Waals surface area contributed by atoms with E-state index in [9.17, 15) is 14.3 Å². The smallest absolute Gasteiger partial charge is 0.268 e. The summed E-state index contributed by atoms with van der Waals surface area (Å²) < 4.78 is 18.6. The van der Waals surface area contributed by atoms with Crippen molar-refractivity contribution in [3.05, 3.63) is 95.8 Å². The van der Waals surface area contributed by atoms with E-state index in [2.05, 4.69) is 0 Å². The number of carbonyl (C=O) groups excluding carboxylic acids is 1. The van der Waals surface area contributed by atoms with Crippen molar-refractivity contribution in [1.82, 2.24) is 0 Å². The Bertz CT molecular complexity index is 959. The molecule has 27 heavy (non-hydrogen) atoms. The average molecular weight is 363 g/mol. The van der Waals surface area contributed by atoms with Gasteiger partial charge in [-0.25, -0.2) is 4.39 Å². The maximum Gasteiger partial charge on any atom is 0.268 e. The van der Waals surface area contributed by atoms with E-state index >= 15 is 0 Å². The summed E-state index contributed by atoms with van der Waals surface area (Å²) in [6, 6.07) is 21.8. The van der Waals surface area contributed by atoms with Gasteiger partial charge >= 0.3 is 0 Å². The van der Waals surface area contributed by atoms with Crippen LogP contribution in [-0.2, 0) is 10.4 Å². The summed E-state index contributed by atoms with van der Waals surface area (Å²) in [6.07, 6.45) is 0. The van der Waals surface area contributed by atoms with Gasteiger partial charge in [0.2, 0.25) is 0 Å². The Labute approximate surface area is 156 Å². The molecule has 0 bridgehead atoms. The van der Waals surface area contributed by atoms with E-state index in [0.717, 1.165) is 0 Å². The number of rotatable bonds is 5. The van der Waals surface area contributed by atoms with E-state index < -0.39 is 11.5 Å². The zero-order valence-corrected chi connectivity index (χ0v) is 14.5. The molecule has 0 aliphatic carbocycles. The number of carbonyl (C=O) groups is 1. The maximum absolute atomic E-state index is 13.1. The third-order valence-electron chi connectivity index (χ3n) is 4.73. The lowest BCUT2D eigenvalue weighted by Crippen LogP contribution is -2.42. The maximum atomic E-state index is 13.1. The highest BCUT2D eigenvalue weighted by Crippen LogP contribution is 2.44. The van der Waals surface area contributed by atoms with Crippen LogP contribution in [0, 0.1) is 5.82 Å². The van der Waals surface area contributed by atoms with E-state index in [1.165, 1.54) is 29.2 Å². The van der Waals surface area contributed by atoms with Crippen LogP contribution in [0.1, 0.15) is 11.1 Å². The number of fused-ring (bicyclic) bond motifs is 1. The van der Waals surface area contributed by atoms with Crippen molar-refractivity contribution < 1.29 is 19.0 Å². The molecule has 4 nitrogen and oxygen atoms in total. The first kappa shape index (κ1) is 17.2. The third kappa shape index (κ3) is 2.96. The fourth-order valence-corrected chi connectivity index (χ4v) is 3.40. The van der Waals surface area contributed by atoms with Crippen LogP contribution in [0.4, 0.5) is 10.1 Å². The number of aliphatic hydroxyl groups is 1. The quantitative estimate of drug-likeness (QED) is 0.755. The van der Waals surface area contributed by atoms with Crippen molar-refractivity contribution >= 4 is 11.6 Å². The highest BCUT2D eigenvalue weighted by molar-refractivity contribution is 6.09. The van der Waals surface area contributed by atoms with Crippen LogP contribution in [0.3, 0.4) is 0 Å². The van der Waals surface area contributed by atoms with Crippen LogP contribution >= 0.6 is 0 Å². The number of amides is 1. The van der Waals surface area contributed by atoms with Gasteiger partial charge < -0.3 is 14.7 Å². The molecule has 0 unspecified atom stereocenters. The van der Waals surface area contributed by atoms with Gasteiger partial charge in [0, 0.05) is 5.56 Å². The molecule has 0 radical (unpaired) electrons. The fourth-order valence-electron chi connectivity index (χ4n) is 3.40. The van der Waals surface area contributed by atoms with Crippen molar-refractivity contribution in [2.45, 2.75) is 5.60 Å². The Kier molecular flexibility index (Phi) is 4.38. The first-order valence-corrected chi connectivity index (χ1v) is 8.68. The van der Waals surface area contributed by atoms with E-state index in [1.807, 2.05) is 18.2 Å². The number of para-hydroxylation sites is 1. The summed E-state index contributed by atoms with van der Waals surface area (Å²) in [4.78, 5) is 14.7. The highest BCUT2D eigenvalue weighted by atomic mass is 19.1. The molecule has 4 rings (SSSR count). The predicted molar refractivity (Wildman–Crippen MR) is 100 cm³/mol. The van der Waals surface area contributed by atoms with Gasteiger partial charge in [-0.1, -0.05) is 48.5 Å². The SMILES string of the molecule is O=C1N(CCOc2ccc(F)cc2)c2ccccc2[C@]1(O)c1ccccc1. The lowest BCUT2D eigenvalue weighted by atomic mass is 9.88. The minimum atomic E-state index is -1.71. The van der Waals surface area contributed by atoms with Crippen LogP contribution in [0.25, 0.3) is 0 Å².